The van der Waals surface area contributed by atoms with Crippen molar-refractivity contribution < 1.29 is 39.6 Å². The normalized spacial score (nSPS) is 9.85. The molecule has 0 radical (unpaired) electrons. The maximum atomic E-state index is 11.9. The zero-order chi connectivity index (χ0) is 29.2. The number of rotatable bonds is 10. The summed E-state index contributed by atoms with van der Waals surface area (Å²) in [5.74, 6) is -3.20. The minimum absolute atomic E-state index is 0. The van der Waals surface area contributed by atoms with E-state index in [0.29, 0.717) is 16.7 Å². The number of ketones is 2. The van der Waals surface area contributed by atoms with E-state index >= 15 is 0 Å². The van der Waals surface area contributed by atoms with Gasteiger partial charge in [-0.05, 0) is 79.5 Å². The predicted molar refractivity (Wildman–Crippen MR) is 159 cm³/mol. The molecule has 0 spiro atoms. The summed E-state index contributed by atoms with van der Waals surface area (Å²) in [6.45, 7) is 18.5. The van der Waals surface area contributed by atoms with Gasteiger partial charge in [0.2, 0.25) is 0 Å². The summed E-state index contributed by atoms with van der Waals surface area (Å²) in [7, 11) is 2.46. The van der Waals surface area contributed by atoms with Crippen LogP contribution in [0.15, 0.2) is 37.4 Å². The second-order valence-corrected chi connectivity index (χ2v) is 9.10. The Morgan fingerprint density at radius 3 is 1.32 bits per heavy atom. The van der Waals surface area contributed by atoms with Crippen molar-refractivity contribution in [2.75, 3.05) is 14.2 Å². The summed E-state index contributed by atoms with van der Waals surface area (Å²) < 4.78 is 9.42. The lowest BCUT2D eigenvalue weighted by molar-refractivity contribution is -0.154. The van der Waals surface area contributed by atoms with Gasteiger partial charge in [0, 0.05) is 0 Å². The van der Waals surface area contributed by atoms with Gasteiger partial charge < -0.3 is 20.4 Å². The Balaban J connectivity index is 0. The second-order valence-electron chi connectivity index (χ2n) is 9.10. The van der Waals surface area contributed by atoms with Gasteiger partial charge in [0.1, 0.15) is 17.5 Å². The van der Waals surface area contributed by atoms with E-state index in [1.807, 2.05) is 19.1 Å². The summed E-state index contributed by atoms with van der Waals surface area (Å²) in [5.41, 5.74) is 7.24. The number of Topliss-reactive ketones (excluding diaryl/α,β-unsaturated/α-hetero) is 2. The molecule has 2 rings (SSSR count). The SMILES string of the molecule is C=Cc1cc(C)cc(C=C)c1C(C(=O)OC)C(=O)OC.CCc1cc(C)cc(CC)c1C(C(C)=O)C(C)=O.O.O. The molecule has 4 N–H and O–H groups in total. The molecule has 0 aliphatic carbocycles. The van der Waals surface area contributed by atoms with Gasteiger partial charge in [-0.2, -0.15) is 0 Å². The Morgan fingerprint density at radius 1 is 0.700 bits per heavy atom. The number of carbonyl (C=O) groups is 4. The molecule has 0 aromatic heterocycles. The number of methoxy groups -OCH3 is 2. The van der Waals surface area contributed by atoms with Crippen LogP contribution in [0.1, 0.15) is 84.0 Å². The largest absolute Gasteiger partial charge is 0.468 e. The highest BCUT2D eigenvalue weighted by molar-refractivity contribution is 6.06. The summed E-state index contributed by atoms with van der Waals surface area (Å²) in [6.07, 6.45) is 4.88. The van der Waals surface area contributed by atoms with E-state index in [1.165, 1.54) is 33.6 Å². The molecule has 0 atom stereocenters. The number of benzene rings is 2. The molecule has 8 heteroatoms. The van der Waals surface area contributed by atoms with E-state index in [-0.39, 0.29) is 22.5 Å². The fraction of sp³-hybridized carbons (Fsp3) is 0.375. The van der Waals surface area contributed by atoms with E-state index < -0.39 is 23.8 Å². The average Bonchev–Trinajstić information content (AvgIpc) is 2.89. The van der Waals surface area contributed by atoms with Crippen LogP contribution < -0.4 is 0 Å². The first kappa shape index (κ1) is 38.3. The Bertz CT molecular complexity index is 1140. The number of ether oxygens (including phenoxy) is 2. The molecule has 0 saturated carbocycles. The van der Waals surface area contributed by atoms with E-state index in [1.54, 1.807) is 12.2 Å². The fourth-order valence-corrected chi connectivity index (χ4v) is 4.69. The van der Waals surface area contributed by atoms with Crippen molar-refractivity contribution in [3.63, 3.8) is 0 Å². The summed E-state index contributed by atoms with van der Waals surface area (Å²) >= 11 is 0. The molecular formula is C32H44O8. The van der Waals surface area contributed by atoms with E-state index in [4.69, 9.17) is 9.47 Å². The second kappa shape index (κ2) is 17.7. The first-order chi connectivity index (χ1) is 17.9. The van der Waals surface area contributed by atoms with Crippen molar-refractivity contribution in [3.8, 4) is 0 Å². The highest BCUT2D eigenvalue weighted by atomic mass is 16.5. The van der Waals surface area contributed by atoms with Gasteiger partial charge in [-0.25, -0.2) is 0 Å². The van der Waals surface area contributed by atoms with Crippen LogP contribution in [0.5, 0.6) is 0 Å². The first-order valence-electron chi connectivity index (χ1n) is 12.6. The van der Waals surface area contributed by atoms with Crippen LogP contribution in [0.4, 0.5) is 0 Å². The highest BCUT2D eigenvalue weighted by Gasteiger charge is 2.33. The summed E-state index contributed by atoms with van der Waals surface area (Å²) in [4.78, 5) is 47.5. The van der Waals surface area contributed by atoms with Gasteiger partial charge in [-0.15, -0.1) is 0 Å². The molecule has 0 amide bonds. The Hall–Kier alpha value is -3.88. The number of hydrogen-bond donors (Lipinski definition) is 0. The van der Waals surface area contributed by atoms with E-state index in [2.05, 4.69) is 46.1 Å². The molecule has 0 aliphatic rings. The molecule has 8 nitrogen and oxygen atoms in total. The number of esters is 2. The zero-order valence-electron chi connectivity index (χ0n) is 24.9. The van der Waals surface area contributed by atoms with Crippen molar-refractivity contribution in [2.45, 2.75) is 66.2 Å². The van der Waals surface area contributed by atoms with Crippen molar-refractivity contribution in [2.24, 2.45) is 0 Å². The van der Waals surface area contributed by atoms with Crippen LogP contribution >= 0.6 is 0 Å². The number of aryl methyl sites for hydroxylation is 4. The number of hydrogen-bond acceptors (Lipinski definition) is 6. The molecule has 0 aliphatic heterocycles. The quantitative estimate of drug-likeness (QED) is 0.312. The van der Waals surface area contributed by atoms with Crippen molar-refractivity contribution in [1.29, 1.82) is 0 Å². The first-order valence-corrected chi connectivity index (χ1v) is 12.6. The topological polar surface area (TPSA) is 150 Å². The molecular weight excluding hydrogens is 512 g/mol. The average molecular weight is 557 g/mol. The predicted octanol–water partition coefficient (Wildman–Crippen LogP) is 4.44. The molecule has 0 unspecified atom stereocenters. The minimum atomic E-state index is -1.15. The smallest absolute Gasteiger partial charge is 0.324 e. The van der Waals surface area contributed by atoms with Crippen LogP contribution in [-0.4, -0.2) is 48.7 Å². The van der Waals surface area contributed by atoms with Gasteiger partial charge in [-0.3, -0.25) is 19.2 Å². The lowest BCUT2D eigenvalue weighted by atomic mass is 9.82. The molecule has 0 bridgehead atoms. The van der Waals surface area contributed by atoms with Crippen molar-refractivity contribution in [1.82, 2.24) is 0 Å². The summed E-state index contributed by atoms with van der Waals surface area (Å²) in [5, 5.41) is 0. The monoisotopic (exact) mass is 556 g/mol. The van der Waals surface area contributed by atoms with Crippen LogP contribution in [-0.2, 0) is 41.5 Å². The van der Waals surface area contributed by atoms with Crippen LogP contribution in [0.25, 0.3) is 12.2 Å². The van der Waals surface area contributed by atoms with Crippen LogP contribution in [0.3, 0.4) is 0 Å². The molecule has 40 heavy (non-hydrogen) atoms. The molecule has 0 saturated heterocycles. The molecule has 220 valence electrons. The van der Waals surface area contributed by atoms with Gasteiger partial charge >= 0.3 is 11.9 Å². The van der Waals surface area contributed by atoms with Gasteiger partial charge in [-0.1, -0.05) is 69.0 Å². The van der Waals surface area contributed by atoms with Crippen LogP contribution in [0, 0.1) is 13.8 Å². The van der Waals surface area contributed by atoms with Crippen molar-refractivity contribution >= 4 is 35.7 Å². The van der Waals surface area contributed by atoms with Gasteiger partial charge in [0.25, 0.3) is 0 Å². The Kier molecular flexibility index (Phi) is 16.9. The Morgan fingerprint density at radius 2 is 1.05 bits per heavy atom. The molecule has 2 aromatic rings. The summed E-state index contributed by atoms with van der Waals surface area (Å²) in [6, 6.07) is 7.86. The number of carbonyl (C=O) groups excluding carboxylic acids is 4. The molecule has 0 fully saturated rings. The third kappa shape index (κ3) is 9.10. The van der Waals surface area contributed by atoms with Gasteiger partial charge in [0.05, 0.1) is 14.2 Å². The lowest BCUT2D eigenvalue weighted by Gasteiger charge is -2.20. The highest BCUT2D eigenvalue weighted by Crippen LogP contribution is 2.30. The minimum Gasteiger partial charge on any atom is -0.468 e. The zero-order valence-corrected chi connectivity index (χ0v) is 24.9. The maximum Gasteiger partial charge on any atom is 0.324 e. The third-order valence-electron chi connectivity index (χ3n) is 6.35. The standard InChI is InChI=1S/C16H18O4.C16H22O2.2H2O/c1-6-11-8-10(3)9-12(7-2)13(11)14(15(17)19-4)16(18)20-5;1-6-13-8-10(3)9-14(7-2)16(13)15(11(4)17)12(5)18;;/h6-9,14H,1-2H2,3-5H3;8-9,15H,6-7H2,1-5H3;2*1H2. The maximum absolute atomic E-state index is 11.9. The Labute approximate surface area is 237 Å². The third-order valence-corrected chi connectivity index (χ3v) is 6.35. The molecule has 2 aromatic carbocycles. The lowest BCUT2D eigenvalue weighted by Crippen LogP contribution is -2.26. The fourth-order valence-electron chi connectivity index (χ4n) is 4.69. The van der Waals surface area contributed by atoms with Crippen LogP contribution in [0.2, 0.25) is 0 Å². The van der Waals surface area contributed by atoms with Crippen molar-refractivity contribution in [3.05, 3.63) is 81.9 Å². The molecule has 0 heterocycles. The van der Waals surface area contributed by atoms with Gasteiger partial charge in [0.15, 0.2) is 5.92 Å². The van der Waals surface area contributed by atoms with E-state index in [0.717, 1.165) is 35.1 Å². The van der Waals surface area contributed by atoms with E-state index in [9.17, 15) is 19.2 Å².